The number of hydrogen-bond donors (Lipinski definition) is 1. The van der Waals surface area contributed by atoms with Gasteiger partial charge in [-0.15, -0.1) is 13.2 Å². The Bertz CT molecular complexity index is 2020. The summed E-state index contributed by atoms with van der Waals surface area (Å²) in [6.07, 6.45) is 4.54. The first-order valence-electron chi connectivity index (χ1n) is 18.4. The van der Waals surface area contributed by atoms with Gasteiger partial charge in [-0.1, -0.05) is 72.8 Å². The van der Waals surface area contributed by atoms with Gasteiger partial charge in [0.2, 0.25) is 11.8 Å². The van der Waals surface area contributed by atoms with Gasteiger partial charge in [-0.25, -0.2) is 0 Å². The molecule has 2 bridgehead atoms. The first kappa shape index (κ1) is 36.1. The van der Waals surface area contributed by atoms with E-state index in [1.54, 1.807) is 26.9 Å². The number of rotatable bonds is 14. The topological polar surface area (TPSA) is 99.6 Å². The Balaban J connectivity index is 1.33. The zero-order chi connectivity index (χ0) is 37.3. The predicted molar refractivity (Wildman–Crippen MR) is 207 cm³/mol. The molecule has 7 rings (SSSR count). The van der Waals surface area contributed by atoms with Gasteiger partial charge in [0.15, 0.2) is 0 Å². The number of amides is 3. The number of fused-ring (bicyclic) bond motifs is 2. The number of carbonyl (C=O) groups excluding carboxylic acids is 3. The third-order valence-electron chi connectivity index (χ3n) is 11.3. The maximum Gasteiger partial charge on any atom is 0.253 e. The van der Waals surface area contributed by atoms with E-state index in [9.17, 15) is 9.90 Å². The lowest BCUT2D eigenvalue weighted by Gasteiger charge is -2.39. The van der Waals surface area contributed by atoms with E-state index in [2.05, 4.69) is 13.2 Å². The molecule has 1 N–H and O–H groups in total. The fourth-order valence-corrected chi connectivity index (χ4v) is 9.00. The Kier molecular flexibility index (Phi) is 9.98. The molecule has 53 heavy (non-hydrogen) atoms. The van der Waals surface area contributed by atoms with E-state index in [-0.39, 0.29) is 37.4 Å². The Labute approximate surface area is 311 Å². The van der Waals surface area contributed by atoms with Crippen LogP contribution in [0.15, 0.2) is 122 Å². The lowest BCUT2D eigenvalue weighted by molar-refractivity contribution is -0.148. The van der Waals surface area contributed by atoms with Gasteiger partial charge in [0.1, 0.15) is 17.4 Å². The molecule has 1 spiro atoms. The highest BCUT2D eigenvalue weighted by Crippen LogP contribution is 2.64. The van der Waals surface area contributed by atoms with Gasteiger partial charge in [-0.2, -0.15) is 0 Å². The molecule has 0 aromatic heterocycles. The highest BCUT2D eigenvalue weighted by Gasteiger charge is 2.79. The summed E-state index contributed by atoms with van der Waals surface area (Å²) in [6, 6.07) is 28.8. The van der Waals surface area contributed by atoms with Gasteiger partial charge in [-0.3, -0.25) is 14.4 Å². The van der Waals surface area contributed by atoms with Crippen molar-refractivity contribution in [2.45, 2.75) is 56.4 Å². The zero-order valence-electron chi connectivity index (χ0n) is 30.4. The summed E-state index contributed by atoms with van der Waals surface area (Å²) in [4.78, 5) is 50.3. The molecule has 3 aliphatic rings. The number of benzene rings is 4. The van der Waals surface area contributed by atoms with Gasteiger partial charge in [0.05, 0.1) is 36.7 Å². The number of likely N-dealkylation sites (tertiary alicyclic amines) is 1. The van der Waals surface area contributed by atoms with Crippen LogP contribution >= 0.6 is 0 Å². The summed E-state index contributed by atoms with van der Waals surface area (Å²) in [5.74, 6) is -2.13. The molecule has 4 aromatic carbocycles. The number of carbonyl (C=O) groups is 3. The van der Waals surface area contributed by atoms with Crippen molar-refractivity contribution in [3.8, 4) is 5.75 Å². The maximum atomic E-state index is 15.4. The first-order valence-corrected chi connectivity index (χ1v) is 18.4. The number of aliphatic hydroxyl groups is 1. The second kappa shape index (κ2) is 14.6. The van der Waals surface area contributed by atoms with Crippen LogP contribution < -0.4 is 14.5 Å². The van der Waals surface area contributed by atoms with Gasteiger partial charge >= 0.3 is 0 Å². The van der Waals surface area contributed by atoms with Gasteiger partial charge in [-0.05, 0) is 85.8 Å². The Morgan fingerprint density at radius 3 is 2.21 bits per heavy atom. The zero-order valence-corrected chi connectivity index (χ0v) is 30.4. The van der Waals surface area contributed by atoms with Crippen LogP contribution in [0.3, 0.4) is 0 Å². The van der Waals surface area contributed by atoms with E-state index in [0.29, 0.717) is 43.0 Å². The summed E-state index contributed by atoms with van der Waals surface area (Å²) < 4.78 is 12.7. The highest BCUT2D eigenvalue weighted by molar-refractivity contribution is 6.07. The Morgan fingerprint density at radius 1 is 0.906 bits per heavy atom. The summed E-state index contributed by atoms with van der Waals surface area (Å²) in [6.45, 7) is 12.2. The second-order valence-electron chi connectivity index (χ2n) is 14.4. The molecule has 3 amide bonds. The van der Waals surface area contributed by atoms with E-state index in [1.165, 1.54) is 0 Å². The normalized spacial score (nSPS) is 24.8. The largest absolute Gasteiger partial charge is 0.494 e. The molecular formula is C44H47N3O6. The summed E-state index contributed by atoms with van der Waals surface area (Å²) in [5, 5.41) is 13.0. The van der Waals surface area contributed by atoms with Crippen molar-refractivity contribution in [1.82, 2.24) is 4.90 Å². The molecule has 0 aliphatic carbocycles. The van der Waals surface area contributed by atoms with Crippen LogP contribution in [0, 0.1) is 11.8 Å². The van der Waals surface area contributed by atoms with Crippen LogP contribution in [0.2, 0.25) is 0 Å². The fourth-order valence-electron chi connectivity index (χ4n) is 9.00. The predicted octanol–water partition coefficient (Wildman–Crippen LogP) is 6.35. The van der Waals surface area contributed by atoms with E-state index < -0.39 is 35.1 Å². The number of hydrogen-bond acceptors (Lipinski definition) is 6. The average Bonchev–Trinajstić information content (AvgIpc) is 3.75. The SMILES string of the molecule is C=CCN(C(=O)C1N([C@@H](CO)Cc2ccccc2)C(=O)[C@@H]2[C@@H](C(=O)N(CC=C)c3ccc(OCC)cc3)[C@@]3(C)CCC12O3)c1ccc2ccccc2c1. The monoisotopic (exact) mass is 713 g/mol. The minimum atomic E-state index is -1.30. The van der Waals surface area contributed by atoms with Crippen LogP contribution in [0.4, 0.5) is 11.4 Å². The number of nitrogens with zero attached hydrogens (tertiary/aromatic N) is 3. The standard InChI is InChI=1S/C44H47N3O6/c1-5-25-45(33-19-21-36(22-20-33)52-7-3)40(49)37-38-41(50)47(35(29-48)27-30-13-9-8-10-14-30)39(44(38)24-23-43(37,4)53-44)42(51)46(26-6-2)34-18-17-31-15-11-12-16-32(31)28-34/h5-6,8-22,28,35,37-39,48H,1-2,7,23-27,29H2,3-4H3/t35-,37+,38+,39?,43-,44?/m1/s1. The number of anilines is 2. The summed E-state index contributed by atoms with van der Waals surface area (Å²) in [5.41, 5.74) is -0.104. The molecular weight excluding hydrogens is 666 g/mol. The molecule has 3 saturated heterocycles. The van der Waals surface area contributed by atoms with Crippen LogP contribution in [-0.4, -0.2) is 77.3 Å². The van der Waals surface area contributed by atoms with E-state index in [4.69, 9.17) is 9.47 Å². The number of aliphatic hydroxyl groups excluding tert-OH is 1. The van der Waals surface area contributed by atoms with Crippen molar-refractivity contribution in [1.29, 1.82) is 0 Å². The molecule has 2 unspecified atom stereocenters. The molecule has 0 radical (unpaired) electrons. The maximum absolute atomic E-state index is 15.4. The molecule has 274 valence electrons. The van der Waals surface area contributed by atoms with Gasteiger partial charge < -0.3 is 29.3 Å². The molecule has 4 aromatic rings. The lowest BCUT2D eigenvalue weighted by atomic mass is 9.66. The van der Waals surface area contributed by atoms with Crippen molar-refractivity contribution in [3.63, 3.8) is 0 Å². The first-order chi connectivity index (χ1) is 25.7. The average molecular weight is 714 g/mol. The summed E-state index contributed by atoms with van der Waals surface area (Å²) >= 11 is 0. The highest BCUT2D eigenvalue weighted by atomic mass is 16.5. The quantitative estimate of drug-likeness (QED) is 0.153. The van der Waals surface area contributed by atoms with Crippen molar-refractivity contribution >= 4 is 39.9 Å². The molecule has 3 fully saturated rings. The Morgan fingerprint density at radius 2 is 1.55 bits per heavy atom. The smallest absolute Gasteiger partial charge is 0.253 e. The third-order valence-corrected chi connectivity index (χ3v) is 11.3. The molecule has 6 atom stereocenters. The van der Waals surface area contributed by atoms with Gasteiger partial charge in [0.25, 0.3) is 5.91 Å². The second-order valence-corrected chi connectivity index (χ2v) is 14.4. The number of ether oxygens (including phenoxy) is 2. The van der Waals surface area contributed by atoms with Crippen LogP contribution in [0.1, 0.15) is 32.3 Å². The molecule has 0 saturated carbocycles. The van der Waals surface area contributed by atoms with Gasteiger partial charge in [0, 0.05) is 24.5 Å². The minimum Gasteiger partial charge on any atom is -0.494 e. The van der Waals surface area contributed by atoms with E-state index in [1.807, 2.05) is 111 Å². The van der Waals surface area contributed by atoms with Crippen LogP contribution in [0.5, 0.6) is 5.75 Å². The molecule has 9 heteroatoms. The van der Waals surface area contributed by atoms with Crippen molar-refractivity contribution < 1.29 is 29.0 Å². The molecule has 9 nitrogen and oxygen atoms in total. The Hall–Kier alpha value is -5.25. The van der Waals surface area contributed by atoms with Crippen LogP contribution in [-0.2, 0) is 25.5 Å². The summed E-state index contributed by atoms with van der Waals surface area (Å²) in [7, 11) is 0. The molecule has 3 aliphatic heterocycles. The van der Waals surface area contributed by atoms with Crippen LogP contribution in [0.25, 0.3) is 10.8 Å². The third kappa shape index (κ3) is 6.21. The minimum absolute atomic E-state index is 0.184. The van der Waals surface area contributed by atoms with Crippen molar-refractivity contribution in [2.75, 3.05) is 36.1 Å². The van der Waals surface area contributed by atoms with E-state index >= 15 is 9.59 Å². The van der Waals surface area contributed by atoms with Crippen molar-refractivity contribution in [2.24, 2.45) is 11.8 Å². The fraction of sp³-hybridized carbons (Fsp3) is 0.341. The lowest BCUT2D eigenvalue weighted by Crippen LogP contribution is -2.59. The molecule has 3 heterocycles. The van der Waals surface area contributed by atoms with Crippen molar-refractivity contribution in [3.05, 3.63) is 128 Å². The van der Waals surface area contributed by atoms with E-state index in [0.717, 1.165) is 16.3 Å².